The molecule has 0 rings (SSSR count). The first-order chi connectivity index (χ1) is 39.0. The molecule has 0 aliphatic rings. The van der Waals surface area contributed by atoms with Crippen molar-refractivity contribution in [3.05, 3.63) is 85.1 Å². The Kier molecular flexibility index (Phi) is 64.2. The van der Waals surface area contributed by atoms with Gasteiger partial charge in [0.2, 0.25) is 0 Å². The summed E-state index contributed by atoms with van der Waals surface area (Å²) in [5.74, 6) is -0.900. The predicted octanol–water partition coefficient (Wildman–Crippen LogP) is 23.4. The van der Waals surface area contributed by atoms with E-state index in [1.54, 1.807) is 0 Å². The third-order valence-corrected chi connectivity index (χ3v) is 14.8. The lowest BCUT2D eigenvalue weighted by atomic mass is 10.0. The van der Waals surface area contributed by atoms with Crippen molar-refractivity contribution >= 4 is 17.9 Å². The van der Waals surface area contributed by atoms with Crippen LogP contribution in [-0.2, 0) is 28.6 Å². The van der Waals surface area contributed by atoms with Gasteiger partial charge >= 0.3 is 17.9 Å². The van der Waals surface area contributed by atoms with Crippen molar-refractivity contribution in [1.29, 1.82) is 0 Å². The zero-order valence-corrected chi connectivity index (χ0v) is 52.4. The van der Waals surface area contributed by atoms with Crippen molar-refractivity contribution in [2.24, 2.45) is 0 Å². The Morgan fingerprint density at radius 2 is 0.519 bits per heavy atom. The van der Waals surface area contributed by atoms with Crippen LogP contribution in [0.25, 0.3) is 0 Å². The summed E-state index contributed by atoms with van der Waals surface area (Å²) < 4.78 is 16.9. The summed E-state index contributed by atoms with van der Waals surface area (Å²) in [6.45, 7) is 6.48. The van der Waals surface area contributed by atoms with E-state index in [1.807, 2.05) is 0 Å². The van der Waals surface area contributed by atoms with E-state index < -0.39 is 6.10 Å². The van der Waals surface area contributed by atoms with Crippen molar-refractivity contribution in [2.45, 2.75) is 348 Å². The fourth-order valence-corrected chi connectivity index (χ4v) is 9.76. The molecule has 0 N–H and O–H groups in total. The summed E-state index contributed by atoms with van der Waals surface area (Å²) in [6.07, 6.45) is 89.0. The number of ether oxygens (including phenoxy) is 3. The molecule has 0 aromatic carbocycles. The first-order valence-electron chi connectivity index (χ1n) is 34.1. The van der Waals surface area contributed by atoms with Crippen molar-refractivity contribution in [3.8, 4) is 0 Å². The number of hydrogen-bond acceptors (Lipinski definition) is 6. The number of carbonyl (C=O) groups is 3. The number of carbonyl (C=O) groups excluding carboxylic acids is 3. The van der Waals surface area contributed by atoms with E-state index in [4.69, 9.17) is 14.2 Å². The van der Waals surface area contributed by atoms with Gasteiger partial charge in [-0.25, -0.2) is 0 Å². The van der Waals surface area contributed by atoms with Crippen molar-refractivity contribution in [2.75, 3.05) is 13.2 Å². The minimum Gasteiger partial charge on any atom is -0.462 e. The molecule has 0 aromatic rings. The van der Waals surface area contributed by atoms with Gasteiger partial charge in [0.15, 0.2) is 6.10 Å². The number of hydrogen-bond donors (Lipinski definition) is 0. The zero-order valence-electron chi connectivity index (χ0n) is 52.4. The smallest absolute Gasteiger partial charge is 0.306 e. The lowest BCUT2D eigenvalue weighted by Crippen LogP contribution is -2.30. The minimum absolute atomic E-state index is 0.0850. The molecule has 0 heterocycles. The Balaban J connectivity index is 4.24. The lowest BCUT2D eigenvalue weighted by molar-refractivity contribution is -0.167. The number of esters is 3. The predicted molar refractivity (Wildman–Crippen MR) is 344 cm³/mol. The largest absolute Gasteiger partial charge is 0.462 e. The van der Waals surface area contributed by atoms with Crippen LogP contribution in [0.1, 0.15) is 342 Å². The van der Waals surface area contributed by atoms with Crippen LogP contribution in [0.15, 0.2) is 85.1 Å². The average molecular weight is 1100 g/mol. The SMILES string of the molecule is CC/C=C\C/C=C\C/C=C\C/C=C\CCCCCCCCC(=O)OC(COC(=O)CCCCCCC/C=C\C/C=C\CCC)COC(=O)CCCCCCCCCCCCCCCCCCC/C=C\CCCCCCCCCC. The Labute approximate surface area is 490 Å². The van der Waals surface area contributed by atoms with E-state index in [0.717, 1.165) is 128 Å². The van der Waals surface area contributed by atoms with Gasteiger partial charge in [-0.1, -0.05) is 298 Å². The van der Waals surface area contributed by atoms with Crippen LogP contribution in [0.3, 0.4) is 0 Å². The maximum Gasteiger partial charge on any atom is 0.306 e. The summed E-state index contributed by atoms with van der Waals surface area (Å²) in [5, 5.41) is 0. The van der Waals surface area contributed by atoms with Gasteiger partial charge in [0.25, 0.3) is 0 Å². The molecule has 6 heteroatoms. The van der Waals surface area contributed by atoms with Gasteiger partial charge in [0, 0.05) is 19.3 Å². The van der Waals surface area contributed by atoms with Crippen molar-refractivity contribution in [1.82, 2.24) is 0 Å². The second kappa shape index (κ2) is 67.1. The molecule has 1 unspecified atom stereocenters. The molecule has 0 amide bonds. The number of rotatable bonds is 62. The highest BCUT2D eigenvalue weighted by Gasteiger charge is 2.19. The van der Waals surface area contributed by atoms with Crippen LogP contribution in [0.2, 0.25) is 0 Å². The van der Waals surface area contributed by atoms with E-state index >= 15 is 0 Å². The Bertz CT molecular complexity index is 1500. The average Bonchev–Trinajstić information content (AvgIpc) is 3.45. The fourth-order valence-electron chi connectivity index (χ4n) is 9.76. The minimum atomic E-state index is -0.791. The van der Waals surface area contributed by atoms with Crippen LogP contribution in [0.4, 0.5) is 0 Å². The monoisotopic (exact) mass is 1100 g/mol. The molecule has 79 heavy (non-hydrogen) atoms. The molecule has 6 nitrogen and oxygen atoms in total. The summed E-state index contributed by atoms with van der Waals surface area (Å²) in [4.78, 5) is 38.3. The quantitative estimate of drug-likeness (QED) is 0.0261. The zero-order chi connectivity index (χ0) is 57.1. The highest BCUT2D eigenvalue weighted by molar-refractivity contribution is 5.71. The number of unbranched alkanes of at least 4 members (excludes halogenated alkanes) is 37. The van der Waals surface area contributed by atoms with E-state index in [0.29, 0.717) is 19.3 Å². The topological polar surface area (TPSA) is 78.9 Å². The molecule has 0 aliphatic carbocycles. The lowest BCUT2D eigenvalue weighted by Gasteiger charge is -2.18. The Morgan fingerprint density at radius 1 is 0.266 bits per heavy atom. The number of allylic oxidation sites excluding steroid dienone is 14. The molecule has 1 atom stereocenters. The molecular weight excluding hydrogens is 973 g/mol. The Hall–Kier alpha value is -3.41. The third-order valence-electron chi connectivity index (χ3n) is 14.8. The molecule has 0 saturated heterocycles. The maximum absolute atomic E-state index is 12.9. The summed E-state index contributed by atoms with van der Waals surface area (Å²) in [6, 6.07) is 0. The Morgan fingerprint density at radius 3 is 0.835 bits per heavy atom. The van der Waals surface area contributed by atoms with Gasteiger partial charge in [-0.15, -0.1) is 0 Å². The van der Waals surface area contributed by atoms with Gasteiger partial charge in [0.1, 0.15) is 13.2 Å². The van der Waals surface area contributed by atoms with E-state index in [1.165, 1.54) is 173 Å². The van der Waals surface area contributed by atoms with E-state index in [2.05, 4.69) is 106 Å². The van der Waals surface area contributed by atoms with E-state index in [-0.39, 0.29) is 31.1 Å². The van der Waals surface area contributed by atoms with Gasteiger partial charge in [-0.3, -0.25) is 14.4 Å². The molecule has 0 aliphatic heterocycles. The second-order valence-corrected chi connectivity index (χ2v) is 22.7. The van der Waals surface area contributed by atoms with Crippen LogP contribution in [-0.4, -0.2) is 37.2 Å². The molecule has 0 fully saturated rings. The highest BCUT2D eigenvalue weighted by Crippen LogP contribution is 2.17. The standard InChI is InChI=1S/C73H128O6/c1-4-7-10-13-16-19-22-25-27-29-31-32-33-34-35-36-37-38-39-40-42-43-45-48-51-54-57-60-63-66-72(75)78-69-70(68-77-71(74)65-62-59-56-53-50-47-24-21-18-15-12-9-6-3)79-73(76)67-64-61-58-55-52-49-46-44-41-30-28-26-23-20-17-14-11-8-5-2/h8,11-12,15,17,20-21,24,26,28-29,31,41,44,70H,4-7,9-10,13-14,16,18-19,22-23,25,27,30,32-40,42-43,45-69H2,1-3H3/b11-8-,15-12-,20-17-,24-21-,28-26-,31-29-,44-41-. The fraction of sp³-hybridized carbons (Fsp3) is 0.767. The summed E-state index contributed by atoms with van der Waals surface area (Å²) in [7, 11) is 0. The molecule has 0 bridgehead atoms. The highest BCUT2D eigenvalue weighted by atomic mass is 16.6. The van der Waals surface area contributed by atoms with Crippen LogP contribution < -0.4 is 0 Å². The third kappa shape index (κ3) is 65.3. The van der Waals surface area contributed by atoms with E-state index in [9.17, 15) is 14.4 Å². The van der Waals surface area contributed by atoms with Gasteiger partial charge in [0.05, 0.1) is 0 Å². The van der Waals surface area contributed by atoms with Gasteiger partial charge in [-0.2, -0.15) is 0 Å². The van der Waals surface area contributed by atoms with Crippen LogP contribution >= 0.6 is 0 Å². The molecule has 0 radical (unpaired) electrons. The van der Waals surface area contributed by atoms with Crippen molar-refractivity contribution < 1.29 is 28.6 Å². The molecule has 0 spiro atoms. The molecule has 456 valence electrons. The first-order valence-corrected chi connectivity index (χ1v) is 34.1. The first kappa shape index (κ1) is 75.6. The molecular formula is C73H128O6. The normalized spacial score (nSPS) is 12.6. The maximum atomic E-state index is 12.9. The molecule has 0 aromatic heterocycles. The van der Waals surface area contributed by atoms with Crippen molar-refractivity contribution in [3.63, 3.8) is 0 Å². The van der Waals surface area contributed by atoms with Gasteiger partial charge in [-0.05, 0) is 109 Å². The second-order valence-electron chi connectivity index (χ2n) is 22.7. The van der Waals surface area contributed by atoms with Gasteiger partial charge < -0.3 is 14.2 Å². The van der Waals surface area contributed by atoms with Crippen LogP contribution in [0.5, 0.6) is 0 Å². The summed E-state index contributed by atoms with van der Waals surface area (Å²) in [5.41, 5.74) is 0. The molecule has 0 saturated carbocycles. The summed E-state index contributed by atoms with van der Waals surface area (Å²) >= 11 is 0. The van der Waals surface area contributed by atoms with Crippen LogP contribution in [0, 0.1) is 0 Å².